The highest BCUT2D eigenvalue weighted by atomic mass is 16.5. The SMILES string of the molecule is CCNC(c1cc(C)ccc1OC)C1CCC(C)CC1. The van der Waals surface area contributed by atoms with Crippen molar-refractivity contribution < 1.29 is 4.74 Å². The van der Waals surface area contributed by atoms with Crippen LogP contribution < -0.4 is 10.1 Å². The first-order chi connectivity index (χ1) is 9.65. The molecule has 2 rings (SSSR count). The Hall–Kier alpha value is -1.02. The number of hydrogen-bond acceptors (Lipinski definition) is 2. The predicted molar refractivity (Wildman–Crippen MR) is 85.3 cm³/mol. The molecule has 1 aliphatic carbocycles. The van der Waals surface area contributed by atoms with Crippen molar-refractivity contribution in [3.63, 3.8) is 0 Å². The van der Waals surface area contributed by atoms with E-state index in [2.05, 4.69) is 44.3 Å². The second kappa shape index (κ2) is 7.12. The van der Waals surface area contributed by atoms with Crippen molar-refractivity contribution in [2.45, 2.75) is 52.5 Å². The summed E-state index contributed by atoms with van der Waals surface area (Å²) in [6, 6.07) is 6.97. The number of methoxy groups -OCH3 is 1. The Labute approximate surface area is 123 Å². The average molecular weight is 275 g/mol. The summed E-state index contributed by atoms with van der Waals surface area (Å²) in [4.78, 5) is 0. The quantitative estimate of drug-likeness (QED) is 0.855. The van der Waals surface area contributed by atoms with Crippen LogP contribution in [0.2, 0.25) is 0 Å². The Morgan fingerprint density at radius 2 is 1.95 bits per heavy atom. The third-order valence-corrected chi connectivity index (χ3v) is 4.68. The zero-order valence-corrected chi connectivity index (χ0v) is 13.4. The van der Waals surface area contributed by atoms with E-state index in [0.29, 0.717) is 6.04 Å². The predicted octanol–water partition coefficient (Wildman–Crippen LogP) is 4.48. The lowest BCUT2D eigenvalue weighted by atomic mass is 9.77. The number of hydrogen-bond donors (Lipinski definition) is 1. The summed E-state index contributed by atoms with van der Waals surface area (Å²) in [6.45, 7) is 7.75. The molecule has 0 aromatic heterocycles. The lowest BCUT2D eigenvalue weighted by Crippen LogP contribution is -2.31. The van der Waals surface area contributed by atoms with Crippen LogP contribution in [0, 0.1) is 18.8 Å². The minimum atomic E-state index is 0.433. The Morgan fingerprint density at radius 3 is 2.55 bits per heavy atom. The summed E-state index contributed by atoms with van der Waals surface area (Å²) in [7, 11) is 1.78. The standard InChI is InChI=1S/C18H29NO/c1-5-19-18(15-9-6-13(2)7-10-15)16-12-14(3)8-11-17(16)20-4/h8,11-13,15,18-19H,5-7,9-10H2,1-4H3. The van der Waals surface area contributed by atoms with Crippen molar-refractivity contribution in [3.05, 3.63) is 29.3 Å². The third-order valence-electron chi connectivity index (χ3n) is 4.68. The van der Waals surface area contributed by atoms with E-state index in [0.717, 1.165) is 24.1 Å². The molecule has 0 spiro atoms. The molecule has 20 heavy (non-hydrogen) atoms. The smallest absolute Gasteiger partial charge is 0.123 e. The summed E-state index contributed by atoms with van der Waals surface area (Å²) >= 11 is 0. The number of nitrogens with one attached hydrogen (secondary N) is 1. The number of ether oxygens (including phenoxy) is 1. The normalized spacial score (nSPS) is 24.4. The lowest BCUT2D eigenvalue weighted by Gasteiger charge is -2.34. The maximum Gasteiger partial charge on any atom is 0.123 e. The van der Waals surface area contributed by atoms with Crippen LogP contribution >= 0.6 is 0 Å². The first-order valence-corrected chi connectivity index (χ1v) is 8.03. The summed E-state index contributed by atoms with van der Waals surface area (Å²) in [6.07, 6.45) is 5.38. The van der Waals surface area contributed by atoms with E-state index in [1.807, 2.05) is 0 Å². The van der Waals surface area contributed by atoms with Crippen molar-refractivity contribution in [2.24, 2.45) is 11.8 Å². The van der Waals surface area contributed by atoms with E-state index in [-0.39, 0.29) is 0 Å². The Morgan fingerprint density at radius 1 is 1.25 bits per heavy atom. The Bertz CT molecular complexity index is 421. The van der Waals surface area contributed by atoms with Crippen LogP contribution in [0.5, 0.6) is 5.75 Å². The van der Waals surface area contributed by atoms with Gasteiger partial charge in [-0.3, -0.25) is 0 Å². The van der Waals surface area contributed by atoms with Crippen LogP contribution in [0.25, 0.3) is 0 Å². The molecule has 1 saturated carbocycles. The zero-order chi connectivity index (χ0) is 14.5. The molecular formula is C18H29NO. The molecule has 1 aliphatic rings. The van der Waals surface area contributed by atoms with E-state index in [1.54, 1.807) is 7.11 Å². The largest absolute Gasteiger partial charge is 0.496 e. The molecule has 0 bridgehead atoms. The van der Waals surface area contributed by atoms with Crippen molar-refractivity contribution in [3.8, 4) is 5.75 Å². The van der Waals surface area contributed by atoms with E-state index in [1.165, 1.54) is 36.8 Å². The molecule has 1 aromatic rings. The molecule has 2 heteroatoms. The molecule has 0 amide bonds. The topological polar surface area (TPSA) is 21.3 Å². The number of rotatable bonds is 5. The van der Waals surface area contributed by atoms with Gasteiger partial charge in [-0.25, -0.2) is 0 Å². The van der Waals surface area contributed by atoms with E-state index < -0.39 is 0 Å². The molecule has 112 valence electrons. The van der Waals surface area contributed by atoms with Gasteiger partial charge < -0.3 is 10.1 Å². The van der Waals surface area contributed by atoms with E-state index in [9.17, 15) is 0 Å². The average Bonchev–Trinajstić information content (AvgIpc) is 2.46. The first kappa shape index (κ1) is 15.4. The number of aryl methyl sites for hydroxylation is 1. The highest BCUT2D eigenvalue weighted by Gasteiger charge is 2.28. The second-order valence-corrected chi connectivity index (χ2v) is 6.30. The Kier molecular flexibility index (Phi) is 5.47. The molecular weight excluding hydrogens is 246 g/mol. The molecule has 0 radical (unpaired) electrons. The van der Waals surface area contributed by atoms with Crippen molar-refractivity contribution in [1.29, 1.82) is 0 Å². The molecule has 1 unspecified atom stereocenters. The van der Waals surface area contributed by atoms with Gasteiger partial charge in [-0.1, -0.05) is 44.4 Å². The molecule has 0 aliphatic heterocycles. The van der Waals surface area contributed by atoms with Crippen molar-refractivity contribution in [1.82, 2.24) is 5.32 Å². The summed E-state index contributed by atoms with van der Waals surface area (Å²) in [5.41, 5.74) is 2.65. The van der Waals surface area contributed by atoms with Gasteiger partial charge in [0.15, 0.2) is 0 Å². The molecule has 1 fully saturated rings. The Balaban J connectivity index is 2.25. The molecule has 1 aromatic carbocycles. The zero-order valence-electron chi connectivity index (χ0n) is 13.4. The highest BCUT2D eigenvalue weighted by Crippen LogP contribution is 2.39. The minimum absolute atomic E-state index is 0.433. The van der Waals surface area contributed by atoms with Gasteiger partial charge >= 0.3 is 0 Å². The van der Waals surface area contributed by atoms with Crippen LogP contribution in [0.3, 0.4) is 0 Å². The van der Waals surface area contributed by atoms with Crippen LogP contribution in [0.1, 0.15) is 56.7 Å². The lowest BCUT2D eigenvalue weighted by molar-refractivity contribution is 0.230. The van der Waals surface area contributed by atoms with E-state index in [4.69, 9.17) is 4.74 Å². The van der Waals surface area contributed by atoms with Gasteiger partial charge in [0.05, 0.1) is 7.11 Å². The molecule has 1 N–H and O–H groups in total. The van der Waals surface area contributed by atoms with Gasteiger partial charge in [0.25, 0.3) is 0 Å². The van der Waals surface area contributed by atoms with Crippen molar-refractivity contribution in [2.75, 3.05) is 13.7 Å². The van der Waals surface area contributed by atoms with Gasteiger partial charge in [0, 0.05) is 11.6 Å². The summed E-state index contributed by atoms with van der Waals surface area (Å²) in [5.74, 6) is 2.66. The molecule has 0 heterocycles. The van der Waals surface area contributed by atoms with Crippen molar-refractivity contribution >= 4 is 0 Å². The fourth-order valence-electron chi connectivity index (χ4n) is 3.47. The van der Waals surface area contributed by atoms with E-state index >= 15 is 0 Å². The third kappa shape index (κ3) is 3.54. The van der Waals surface area contributed by atoms with Gasteiger partial charge in [0.2, 0.25) is 0 Å². The first-order valence-electron chi connectivity index (χ1n) is 8.03. The van der Waals surface area contributed by atoms with Gasteiger partial charge in [-0.15, -0.1) is 0 Å². The molecule has 0 saturated heterocycles. The maximum atomic E-state index is 5.60. The summed E-state index contributed by atoms with van der Waals surface area (Å²) in [5, 5.41) is 3.71. The monoisotopic (exact) mass is 275 g/mol. The van der Waals surface area contributed by atoms with Crippen LogP contribution in [-0.4, -0.2) is 13.7 Å². The fraction of sp³-hybridized carbons (Fsp3) is 0.667. The van der Waals surface area contributed by atoms with Crippen LogP contribution in [0.15, 0.2) is 18.2 Å². The van der Waals surface area contributed by atoms with Gasteiger partial charge in [-0.2, -0.15) is 0 Å². The number of benzene rings is 1. The second-order valence-electron chi connectivity index (χ2n) is 6.30. The summed E-state index contributed by atoms with van der Waals surface area (Å²) < 4.78 is 5.60. The van der Waals surface area contributed by atoms with Gasteiger partial charge in [0.1, 0.15) is 5.75 Å². The van der Waals surface area contributed by atoms with Crippen LogP contribution in [-0.2, 0) is 0 Å². The van der Waals surface area contributed by atoms with Gasteiger partial charge in [-0.05, 0) is 44.2 Å². The highest BCUT2D eigenvalue weighted by molar-refractivity contribution is 5.39. The maximum absolute atomic E-state index is 5.60. The minimum Gasteiger partial charge on any atom is -0.496 e. The fourth-order valence-corrected chi connectivity index (χ4v) is 3.47. The molecule has 2 nitrogen and oxygen atoms in total. The van der Waals surface area contributed by atoms with Crippen LogP contribution in [0.4, 0.5) is 0 Å². The molecule has 1 atom stereocenters.